The minimum Gasteiger partial charge on any atom is -0.378 e. The number of carbonyl (C=O) groups is 2. The quantitative estimate of drug-likeness (QED) is 0.729. The molecule has 0 spiro atoms. The van der Waals surface area contributed by atoms with Gasteiger partial charge < -0.3 is 19.9 Å². The molecule has 3 aliphatic heterocycles. The second-order valence-corrected chi connectivity index (χ2v) is 9.42. The summed E-state index contributed by atoms with van der Waals surface area (Å²) in [7, 11) is 0. The molecule has 0 radical (unpaired) electrons. The standard InChI is InChI=1S/C23H29F3N4O3/c24-23(25,26)16-1-4-19-15(11-16)12-18(22(32)27-17-2-3-17)20-13-28(5-6-30(19)20)14-21(31)29-7-9-33-10-8-29/h1,4,11,17-18,20H,2-3,5-10,12-14H2,(H,27,32)/t18-,20+/m1/s1. The SMILES string of the molecule is O=C(NC1CC1)[C@@H]1Cc2cc(C(F)(F)F)ccc2N2CCN(CC(=O)N3CCOCC3)C[C@@H]12. The van der Waals surface area contributed by atoms with Crippen LogP contribution in [0, 0.1) is 5.92 Å². The molecule has 4 aliphatic rings. The van der Waals surface area contributed by atoms with E-state index >= 15 is 0 Å². The summed E-state index contributed by atoms with van der Waals surface area (Å²) < 4.78 is 45.3. The third-order valence-corrected chi connectivity index (χ3v) is 7.11. The van der Waals surface area contributed by atoms with Gasteiger partial charge in [-0.3, -0.25) is 14.5 Å². The molecule has 180 valence electrons. The Morgan fingerprint density at radius 2 is 1.85 bits per heavy atom. The first-order valence-corrected chi connectivity index (χ1v) is 11.6. The molecule has 0 aromatic heterocycles. The molecule has 0 bridgehead atoms. The topological polar surface area (TPSA) is 65.1 Å². The number of alkyl halides is 3. The molecule has 1 saturated carbocycles. The highest BCUT2D eigenvalue weighted by Gasteiger charge is 2.44. The Hall–Kier alpha value is -2.33. The van der Waals surface area contributed by atoms with Crippen molar-refractivity contribution in [1.82, 2.24) is 15.1 Å². The number of piperazine rings is 1. The number of ether oxygens (including phenoxy) is 1. The highest BCUT2D eigenvalue weighted by atomic mass is 19.4. The van der Waals surface area contributed by atoms with Crippen LogP contribution in [0.3, 0.4) is 0 Å². The Labute approximate surface area is 190 Å². The van der Waals surface area contributed by atoms with Gasteiger partial charge in [-0.05, 0) is 43.0 Å². The van der Waals surface area contributed by atoms with Gasteiger partial charge in [0.15, 0.2) is 0 Å². The number of halogens is 3. The maximum Gasteiger partial charge on any atom is 0.416 e. The van der Waals surface area contributed by atoms with Crippen molar-refractivity contribution < 1.29 is 27.5 Å². The summed E-state index contributed by atoms with van der Waals surface area (Å²) in [5.41, 5.74) is 0.647. The normalized spacial score (nSPS) is 25.9. The van der Waals surface area contributed by atoms with Gasteiger partial charge in [0.05, 0.1) is 37.3 Å². The molecule has 0 unspecified atom stereocenters. The molecule has 1 aromatic rings. The van der Waals surface area contributed by atoms with Crippen molar-refractivity contribution in [3.63, 3.8) is 0 Å². The number of carbonyl (C=O) groups excluding carboxylic acids is 2. The molecule has 1 aromatic carbocycles. The number of hydrogen-bond acceptors (Lipinski definition) is 5. The number of benzene rings is 1. The van der Waals surface area contributed by atoms with Crippen molar-refractivity contribution in [2.75, 3.05) is 57.4 Å². The third kappa shape index (κ3) is 4.82. The van der Waals surface area contributed by atoms with Crippen molar-refractivity contribution in [1.29, 1.82) is 0 Å². The number of nitrogens with one attached hydrogen (secondary N) is 1. The molecule has 2 atom stereocenters. The summed E-state index contributed by atoms with van der Waals surface area (Å²) in [5.74, 6) is -0.503. The lowest BCUT2D eigenvalue weighted by Crippen LogP contribution is -2.62. The van der Waals surface area contributed by atoms with E-state index < -0.39 is 17.7 Å². The zero-order chi connectivity index (χ0) is 23.2. The smallest absolute Gasteiger partial charge is 0.378 e. The van der Waals surface area contributed by atoms with Gasteiger partial charge in [-0.2, -0.15) is 13.2 Å². The predicted molar refractivity (Wildman–Crippen MR) is 115 cm³/mol. The number of nitrogens with zero attached hydrogens (tertiary/aromatic N) is 3. The van der Waals surface area contributed by atoms with E-state index in [1.54, 1.807) is 0 Å². The van der Waals surface area contributed by atoms with Gasteiger partial charge >= 0.3 is 6.18 Å². The minimum atomic E-state index is -4.42. The second-order valence-electron chi connectivity index (χ2n) is 9.42. The van der Waals surface area contributed by atoms with Crippen LogP contribution in [0.15, 0.2) is 18.2 Å². The number of rotatable bonds is 4. The molecule has 2 saturated heterocycles. The van der Waals surface area contributed by atoms with E-state index in [0.29, 0.717) is 51.5 Å². The number of anilines is 1. The van der Waals surface area contributed by atoms with Crippen LogP contribution >= 0.6 is 0 Å². The molecule has 33 heavy (non-hydrogen) atoms. The van der Waals surface area contributed by atoms with Crippen LogP contribution in [-0.4, -0.2) is 86.2 Å². The lowest BCUT2D eigenvalue weighted by atomic mass is 9.82. The fourth-order valence-corrected chi connectivity index (χ4v) is 5.14. The average Bonchev–Trinajstić information content (AvgIpc) is 3.62. The highest BCUT2D eigenvalue weighted by molar-refractivity contribution is 5.83. The minimum absolute atomic E-state index is 0.0526. The molecular weight excluding hydrogens is 437 g/mol. The Morgan fingerprint density at radius 3 is 2.55 bits per heavy atom. The first-order valence-electron chi connectivity index (χ1n) is 11.6. The number of fused-ring (bicyclic) bond motifs is 3. The molecule has 1 aliphatic carbocycles. The molecular formula is C23H29F3N4O3. The van der Waals surface area contributed by atoms with Crippen molar-refractivity contribution in [3.8, 4) is 0 Å². The fourth-order valence-electron chi connectivity index (χ4n) is 5.14. The summed E-state index contributed by atoms with van der Waals surface area (Å²) in [4.78, 5) is 31.8. The number of hydrogen-bond donors (Lipinski definition) is 1. The van der Waals surface area contributed by atoms with Crippen LogP contribution in [0.1, 0.15) is 24.0 Å². The van der Waals surface area contributed by atoms with Gasteiger partial charge in [0.2, 0.25) is 11.8 Å². The Bertz CT molecular complexity index is 915. The molecule has 10 heteroatoms. The zero-order valence-electron chi connectivity index (χ0n) is 18.4. The van der Waals surface area contributed by atoms with E-state index in [1.807, 2.05) is 4.90 Å². The summed E-state index contributed by atoms with van der Waals surface area (Å²) in [6.45, 7) is 4.24. The first-order chi connectivity index (χ1) is 15.8. The van der Waals surface area contributed by atoms with Gasteiger partial charge in [-0.1, -0.05) is 0 Å². The average molecular weight is 467 g/mol. The van der Waals surface area contributed by atoms with Crippen molar-refractivity contribution >= 4 is 17.5 Å². The molecule has 3 fully saturated rings. The van der Waals surface area contributed by atoms with Crippen LogP contribution in [0.5, 0.6) is 0 Å². The molecule has 1 N–H and O–H groups in total. The van der Waals surface area contributed by atoms with Gasteiger partial charge in [-0.15, -0.1) is 0 Å². The van der Waals surface area contributed by atoms with Crippen molar-refractivity contribution in [3.05, 3.63) is 29.3 Å². The summed E-state index contributed by atoms with van der Waals surface area (Å²) in [6, 6.07) is 3.84. The number of morpholine rings is 1. The van der Waals surface area contributed by atoms with E-state index in [9.17, 15) is 22.8 Å². The zero-order valence-corrected chi connectivity index (χ0v) is 18.4. The summed E-state index contributed by atoms with van der Waals surface area (Å²) >= 11 is 0. The Morgan fingerprint density at radius 1 is 1.09 bits per heavy atom. The lowest BCUT2D eigenvalue weighted by Gasteiger charge is -2.49. The van der Waals surface area contributed by atoms with Gasteiger partial charge in [0.25, 0.3) is 0 Å². The first kappa shape index (κ1) is 22.5. The highest BCUT2D eigenvalue weighted by Crippen LogP contribution is 2.40. The Kier molecular flexibility index (Phi) is 5.98. The van der Waals surface area contributed by atoms with E-state index in [-0.39, 0.29) is 36.9 Å². The van der Waals surface area contributed by atoms with E-state index in [1.165, 1.54) is 12.1 Å². The summed E-state index contributed by atoms with van der Waals surface area (Å²) in [6.07, 6.45) is -2.26. The fraction of sp³-hybridized carbons (Fsp3) is 0.652. The maximum absolute atomic E-state index is 13.3. The summed E-state index contributed by atoms with van der Waals surface area (Å²) in [5, 5.41) is 3.04. The van der Waals surface area contributed by atoms with Crippen molar-refractivity contribution in [2.45, 2.75) is 37.5 Å². The van der Waals surface area contributed by atoms with Gasteiger partial charge in [-0.25, -0.2) is 0 Å². The third-order valence-electron chi connectivity index (χ3n) is 7.11. The molecule has 2 amide bonds. The van der Waals surface area contributed by atoms with E-state index in [0.717, 1.165) is 24.6 Å². The van der Waals surface area contributed by atoms with Crippen LogP contribution in [0.2, 0.25) is 0 Å². The largest absolute Gasteiger partial charge is 0.416 e. The molecule has 5 rings (SSSR count). The second kappa shape index (κ2) is 8.79. The van der Waals surface area contributed by atoms with Crippen molar-refractivity contribution in [2.24, 2.45) is 5.92 Å². The van der Waals surface area contributed by atoms with E-state index in [2.05, 4.69) is 15.1 Å². The van der Waals surface area contributed by atoms with Crippen LogP contribution in [-0.2, 0) is 26.9 Å². The maximum atomic E-state index is 13.3. The lowest BCUT2D eigenvalue weighted by molar-refractivity contribution is -0.138. The van der Waals surface area contributed by atoms with Gasteiger partial charge in [0.1, 0.15) is 0 Å². The molecule has 7 nitrogen and oxygen atoms in total. The van der Waals surface area contributed by atoms with Gasteiger partial charge in [0, 0.05) is 44.5 Å². The van der Waals surface area contributed by atoms with E-state index in [4.69, 9.17) is 4.74 Å². The predicted octanol–water partition coefficient (Wildman–Crippen LogP) is 1.51. The molecule has 3 heterocycles. The monoisotopic (exact) mass is 466 g/mol. The van der Waals surface area contributed by atoms with Crippen LogP contribution < -0.4 is 10.2 Å². The van der Waals surface area contributed by atoms with Crippen LogP contribution in [0.25, 0.3) is 0 Å². The Balaban J connectivity index is 1.36. The number of amides is 2. The van der Waals surface area contributed by atoms with Crippen LogP contribution in [0.4, 0.5) is 18.9 Å².